The van der Waals surface area contributed by atoms with Gasteiger partial charge in [0.1, 0.15) is 11.4 Å². The molecule has 0 aliphatic rings. The number of aliphatic hydroxyl groups is 1. The van der Waals surface area contributed by atoms with E-state index in [4.69, 9.17) is 4.74 Å². The number of benzene rings is 1. The van der Waals surface area contributed by atoms with Crippen LogP contribution >= 0.6 is 0 Å². The van der Waals surface area contributed by atoms with Gasteiger partial charge < -0.3 is 9.84 Å². The molecule has 1 heterocycles. The van der Waals surface area contributed by atoms with Crippen LogP contribution < -0.4 is 4.74 Å². The lowest BCUT2D eigenvalue weighted by Gasteiger charge is -2.17. The summed E-state index contributed by atoms with van der Waals surface area (Å²) in [5.74, 6) is 0.575. The molecule has 0 saturated heterocycles. The van der Waals surface area contributed by atoms with Crippen molar-refractivity contribution < 1.29 is 14.6 Å². The van der Waals surface area contributed by atoms with Crippen LogP contribution in [0, 0.1) is 0 Å². The third-order valence-corrected chi connectivity index (χ3v) is 2.83. The van der Waals surface area contributed by atoms with E-state index in [9.17, 15) is 9.90 Å². The molecule has 0 aliphatic carbocycles. The van der Waals surface area contributed by atoms with Crippen LogP contribution in [0.5, 0.6) is 5.75 Å². The lowest BCUT2D eigenvalue weighted by molar-refractivity contribution is 0.0588. The molecule has 0 atom stereocenters. The van der Waals surface area contributed by atoms with Crippen LogP contribution in [0.4, 0.5) is 0 Å². The quantitative estimate of drug-likeness (QED) is 0.856. The van der Waals surface area contributed by atoms with E-state index in [-0.39, 0.29) is 5.78 Å². The second-order valence-electron chi connectivity index (χ2n) is 5.26. The zero-order chi connectivity index (χ0) is 14.2. The van der Waals surface area contributed by atoms with E-state index in [1.807, 2.05) is 12.1 Å². The topological polar surface area (TPSA) is 64.3 Å². The first-order chi connectivity index (χ1) is 8.81. The standard InChI is InChI=1S/C14H18N2O3/c1-9(17)13-11-7-10(19-4)5-6-12(11)16(15-13)8-14(2,3)18/h5-7,18H,8H2,1-4H3. The number of ketones is 1. The highest BCUT2D eigenvalue weighted by atomic mass is 16.5. The van der Waals surface area contributed by atoms with Crippen molar-refractivity contribution in [2.75, 3.05) is 7.11 Å². The van der Waals surface area contributed by atoms with E-state index in [0.29, 0.717) is 18.0 Å². The number of Topliss-reactive ketones (excluding diaryl/α,β-unsaturated/α-hetero) is 1. The predicted octanol–water partition coefficient (Wildman–Crippen LogP) is 2.02. The smallest absolute Gasteiger partial charge is 0.180 e. The molecular formula is C14H18N2O3. The molecule has 19 heavy (non-hydrogen) atoms. The molecule has 0 spiro atoms. The van der Waals surface area contributed by atoms with Gasteiger partial charge in [-0.1, -0.05) is 0 Å². The van der Waals surface area contributed by atoms with Crippen LogP contribution in [0.25, 0.3) is 10.9 Å². The molecule has 102 valence electrons. The summed E-state index contributed by atoms with van der Waals surface area (Å²) in [5, 5.41) is 15.0. The van der Waals surface area contributed by atoms with E-state index >= 15 is 0 Å². The highest BCUT2D eigenvalue weighted by molar-refractivity contribution is 6.05. The molecule has 1 aromatic carbocycles. The minimum Gasteiger partial charge on any atom is -0.497 e. The molecule has 2 rings (SSSR count). The van der Waals surface area contributed by atoms with E-state index in [2.05, 4.69) is 5.10 Å². The van der Waals surface area contributed by atoms with Gasteiger partial charge >= 0.3 is 0 Å². The van der Waals surface area contributed by atoms with Gasteiger partial charge in [-0.25, -0.2) is 0 Å². The van der Waals surface area contributed by atoms with Crippen LogP contribution in [0.2, 0.25) is 0 Å². The molecular weight excluding hydrogens is 244 g/mol. The first kappa shape index (κ1) is 13.5. The fraction of sp³-hybridized carbons (Fsp3) is 0.429. The summed E-state index contributed by atoms with van der Waals surface area (Å²) in [6.45, 7) is 5.22. The van der Waals surface area contributed by atoms with Crippen molar-refractivity contribution in [3.05, 3.63) is 23.9 Å². The molecule has 0 radical (unpaired) electrons. The Bertz CT molecular complexity index is 623. The van der Waals surface area contributed by atoms with Crippen molar-refractivity contribution >= 4 is 16.7 Å². The van der Waals surface area contributed by atoms with E-state index < -0.39 is 5.60 Å². The van der Waals surface area contributed by atoms with Gasteiger partial charge in [0.25, 0.3) is 0 Å². The van der Waals surface area contributed by atoms with Gasteiger partial charge in [0, 0.05) is 12.3 Å². The van der Waals surface area contributed by atoms with Crippen LogP contribution in [0.1, 0.15) is 31.3 Å². The molecule has 0 unspecified atom stereocenters. The minimum atomic E-state index is -0.896. The van der Waals surface area contributed by atoms with Gasteiger partial charge in [0.05, 0.1) is 24.8 Å². The summed E-state index contributed by atoms with van der Waals surface area (Å²) >= 11 is 0. The first-order valence-electron chi connectivity index (χ1n) is 6.10. The van der Waals surface area contributed by atoms with Gasteiger partial charge in [-0.05, 0) is 32.0 Å². The fourth-order valence-corrected chi connectivity index (χ4v) is 2.03. The molecule has 1 N–H and O–H groups in total. The summed E-state index contributed by atoms with van der Waals surface area (Å²) in [5.41, 5.74) is 0.318. The SMILES string of the molecule is COc1ccc2c(c1)c(C(C)=O)nn2CC(C)(C)O. The van der Waals surface area contributed by atoms with Crippen molar-refractivity contribution in [1.82, 2.24) is 9.78 Å². The van der Waals surface area contributed by atoms with Gasteiger partial charge in [-0.2, -0.15) is 5.10 Å². The number of aromatic nitrogens is 2. The number of rotatable bonds is 4. The third kappa shape index (κ3) is 2.76. The zero-order valence-corrected chi connectivity index (χ0v) is 11.6. The van der Waals surface area contributed by atoms with E-state index in [0.717, 1.165) is 10.9 Å². The van der Waals surface area contributed by atoms with Crippen molar-refractivity contribution in [1.29, 1.82) is 0 Å². The lowest BCUT2D eigenvalue weighted by Crippen LogP contribution is -2.26. The number of carbonyl (C=O) groups is 1. The number of nitrogens with zero attached hydrogens (tertiary/aromatic N) is 2. The number of carbonyl (C=O) groups excluding carboxylic acids is 1. The van der Waals surface area contributed by atoms with Crippen LogP contribution in [-0.4, -0.2) is 33.4 Å². The second kappa shape index (κ2) is 4.66. The summed E-state index contributed by atoms with van der Waals surface area (Å²) in [6, 6.07) is 5.45. The molecule has 0 amide bonds. The third-order valence-electron chi connectivity index (χ3n) is 2.83. The van der Waals surface area contributed by atoms with Gasteiger partial charge in [-0.15, -0.1) is 0 Å². The number of ether oxygens (including phenoxy) is 1. The highest BCUT2D eigenvalue weighted by Gasteiger charge is 2.20. The molecule has 1 aromatic heterocycles. The second-order valence-corrected chi connectivity index (χ2v) is 5.26. The maximum atomic E-state index is 11.7. The predicted molar refractivity (Wildman–Crippen MR) is 72.6 cm³/mol. The Balaban J connectivity index is 2.63. The summed E-state index contributed by atoms with van der Waals surface area (Å²) in [6.07, 6.45) is 0. The molecule has 5 nitrogen and oxygen atoms in total. The highest BCUT2D eigenvalue weighted by Crippen LogP contribution is 2.25. The van der Waals surface area contributed by atoms with E-state index in [1.165, 1.54) is 6.92 Å². The molecule has 0 fully saturated rings. The Labute approximate surface area is 111 Å². The van der Waals surface area contributed by atoms with Crippen LogP contribution in [0.3, 0.4) is 0 Å². The average molecular weight is 262 g/mol. The molecule has 0 aliphatic heterocycles. The Hall–Kier alpha value is -1.88. The fourth-order valence-electron chi connectivity index (χ4n) is 2.03. The molecule has 5 heteroatoms. The maximum absolute atomic E-state index is 11.7. The number of hydrogen-bond donors (Lipinski definition) is 1. The molecule has 2 aromatic rings. The van der Waals surface area contributed by atoms with Gasteiger partial charge in [-0.3, -0.25) is 9.48 Å². The van der Waals surface area contributed by atoms with Crippen molar-refractivity contribution in [2.24, 2.45) is 0 Å². The maximum Gasteiger partial charge on any atom is 0.180 e. The molecule has 0 saturated carbocycles. The zero-order valence-electron chi connectivity index (χ0n) is 11.6. The van der Waals surface area contributed by atoms with Crippen LogP contribution in [0.15, 0.2) is 18.2 Å². The first-order valence-corrected chi connectivity index (χ1v) is 6.10. The minimum absolute atomic E-state index is 0.104. The molecule has 0 bridgehead atoms. The summed E-state index contributed by atoms with van der Waals surface area (Å²) < 4.78 is 6.83. The van der Waals surface area contributed by atoms with Crippen LogP contribution in [-0.2, 0) is 6.54 Å². The van der Waals surface area contributed by atoms with Crippen molar-refractivity contribution in [3.8, 4) is 5.75 Å². The Morgan fingerprint density at radius 2 is 2.16 bits per heavy atom. The Morgan fingerprint density at radius 3 is 2.68 bits per heavy atom. The Morgan fingerprint density at radius 1 is 1.47 bits per heavy atom. The van der Waals surface area contributed by atoms with Crippen molar-refractivity contribution in [2.45, 2.75) is 32.9 Å². The summed E-state index contributed by atoms with van der Waals surface area (Å²) in [4.78, 5) is 11.7. The van der Waals surface area contributed by atoms with Gasteiger partial charge in [0.2, 0.25) is 0 Å². The largest absolute Gasteiger partial charge is 0.497 e. The van der Waals surface area contributed by atoms with Crippen molar-refractivity contribution in [3.63, 3.8) is 0 Å². The van der Waals surface area contributed by atoms with E-state index in [1.54, 1.807) is 31.7 Å². The summed E-state index contributed by atoms with van der Waals surface area (Å²) in [7, 11) is 1.58. The van der Waals surface area contributed by atoms with Gasteiger partial charge in [0.15, 0.2) is 5.78 Å². The number of fused-ring (bicyclic) bond motifs is 1. The normalized spacial score (nSPS) is 11.8. The average Bonchev–Trinajstić information content (AvgIpc) is 2.65. The number of methoxy groups -OCH3 is 1. The lowest BCUT2D eigenvalue weighted by atomic mass is 10.1. The monoisotopic (exact) mass is 262 g/mol. The Kier molecular flexibility index (Phi) is 3.32. The number of hydrogen-bond acceptors (Lipinski definition) is 4.